The van der Waals surface area contributed by atoms with Crippen molar-refractivity contribution >= 4 is 22.8 Å². The fourth-order valence-corrected chi connectivity index (χ4v) is 2.50. The SMILES string of the molecule is CC(C)c1cc(/C=C2\CNNC2=O)c2ccccc2c1. The lowest BCUT2D eigenvalue weighted by atomic mass is 9.94. The minimum absolute atomic E-state index is 0.0379. The molecule has 0 atom stereocenters. The van der Waals surface area contributed by atoms with Crippen LogP contribution in [0.15, 0.2) is 42.0 Å². The molecule has 0 radical (unpaired) electrons. The Hall–Kier alpha value is -2.13. The highest BCUT2D eigenvalue weighted by molar-refractivity contribution is 6.02. The maximum absolute atomic E-state index is 11.7. The van der Waals surface area contributed by atoms with Crippen LogP contribution in [0.1, 0.15) is 30.9 Å². The molecule has 102 valence electrons. The molecule has 0 unspecified atom stereocenters. The summed E-state index contributed by atoms with van der Waals surface area (Å²) >= 11 is 0. The summed E-state index contributed by atoms with van der Waals surface area (Å²) in [6.45, 7) is 4.94. The maximum Gasteiger partial charge on any atom is 0.262 e. The van der Waals surface area contributed by atoms with E-state index in [4.69, 9.17) is 0 Å². The number of benzene rings is 2. The molecule has 0 aromatic heterocycles. The highest BCUT2D eigenvalue weighted by atomic mass is 16.2. The molecular formula is C17H18N2O. The van der Waals surface area contributed by atoms with E-state index in [1.807, 2.05) is 18.2 Å². The van der Waals surface area contributed by atoms with Gasteiger partial charge in [0.25, 0.3) is 5.91 Å². The molecule has 1 fully saturated rings. The molecule has 1 saturated heterocycles. The minimum atomic E-state index is -0.0379. The molecule has 1 aliphatic heterocycles. The van der Waals surface area contributed by atoms with E-state index in [-0.39, 0.29) is 5.91 Å². The Labute approximate surface area is 118 Å². The molecule has 3 rings (SSSR count). The van der Waals surface area contributed by atoms with Gasteiger partial charge < -0.3 is 0 Å². The zero-order chi connectivity index (χ0) is 14.1. The van der Waals surface area contributed by atoms with Crippen molar-refractivity contribution < 1.29 is 4.79 Å². The molecule has 1 heterocycles. The fourth-order valence-electron chi connectivity index (χ4n) is 2.50. The number of fused-ring (bicyclic) bond motifs is 1. The van der Waals surface area contributed by atoms with Crippen LogP contribution in [0.2, 0.25) is 0 Å². The van der Waals surface area contributed by atoms with Crippen molar-refractivity contribution in [2.75, 3.05) is 6.54 Å². The van der Waals surface area contributed by atoms with Crippen LogP contribution < -0.4 is 10.9 Å². The van der Waals surface area contributed by atoms with Gasteiger partial charge in [0.05, 0.1) is 0 Å². The number of carbonyl (C=O) groups is 1. The van der Waals surface area contributed by atoms with Gasteiger partial charge in [-0.05, 0) is 33.9 Å². The molecule has 20 heavy (non-hydrogen) atoms. The van der Waals surface area contributed by atoms with Gasteiger partial charge in [-0.25, -0.2) is 5.43 Å². The number of carbonyl (C=O) groups excluding carboxylic acids is 1. The molecule has 2 N–H and O–H groups in total. The highest BCUT2D eigenvalue weighted by Gasteiger charge is 2.16. The van der Waals surface area contributed by atoms with E-state index in [0.717, 1.165) is 11.1 Å². The Morgan fingerprint density at radius 3 is 2.70 bits per heavy atom. The standard InChI is InChI=1S/C17H18N2O/c1-11(2)13-7-12-5-3-4-6-16(12)14(8-13)9-15-10-18-19-17(15)20/h3-9,11,18H,10H2,1-2H3,(H,19,20)/b15-9+. The number of hydrogen-bond donors (Lipinski definition) is 2. The van der Waals surface area contributed by atoms with Gasteiger partial charge in [0.1, 0.15) is 0 Å². The third-order valence-electron chi connectivity index (χ3n) is 3.68. The number of rotatable bonds is 2. The normalized spacial score (nSPS) is 17.1. The van der Waals surface area contributed by atoms with E-state index in [1.165, 1.54) is 16.3 Å². The molecule has 0 aliphatic carbocycles. The first-order valence-corrected chi connectivity index (χ1v) is 6.91. The molecule has 0 bridgehead atoms. The summed E-state index contributed by atoms with van der Waals surface area (Å²) in [4.78, 5) is 11.7. The average molecular weight is 266 g/mol. The second-order valence-corrected chi connectivity index (χ2v) is 5.46. The van der Waals surface area contributed by atoms with Crippen molar-refractivity contribution in [3.63, 3.8) is 0 Å². The van der Waals surface area contributed by atoms with E-state index < -0.39 is 0 Å². The van der Waals surface area contributed by atoms with Crippen LogP contribution in [-0.4, -0.2) is 12.5 Å². The van der Waals surface area contributed by atoms with Gasteiger partial charge in [-0.1, -0.05) is 50.2 Å². The Morgan fingerprint density at radius 1 is 1.20 bits per heavy atom. The molecule has 0 saturated carbocycles. The van der Waals surface area contributed by atoms with Gasteiger partial charge >= 0.3 is 0 Å². The van der Waals surface area contributed by atoms with Gasteiger partial charge in [0, 0.05) is 12.1 Å². The fraction of sp³-hybridized carbons (Fsp3) is 0.235. The highest BCUT2D eigenvalue weighted by Crippen LogP contribution is 2.27. The van der Waals surface area contributed by atoms with E-state index in [9.17, 15) is 4.79 Å². The summed E-state index contributed by atoms with van der Waals surface area (Å²) in [5, 5.41) is 2.40. The Morgan fingerprint density at radius 2 is 2.00 bits per heavy atom. The van der Waals surface area contributed by atoms with Crippen molar-refractivity contribution in [1.29, 1.82) is 0 Å². The second kappa shape index (κ2) is 5.10. The van der Waals surface area contributed by atoms with E-state index >= 15 is 0 Å². The van der Waals surface area contributed by atoms with Crippen LogP contribution in [0.4, 0.5) is 0 Å². The van der Waals surface area contributed by atoms with E-state index in [1.54, 1.807) is 0 Å². The van der Waals surface area contributed by atoms with Gasteiger partial charge in [0.2, 0.25) is 0 Å². The topological polar surface area (TPSA) is 41.1 Å². The summed E-state index contributed by atoms with van der Waals surface area (Å²) in [6.07, 6.45) is 1.99. The smallest absolute Gasteiger partial charge is 0.262 e. The molecule has 2 aromatic carbocycles. The number of amides is 1. The molecular weight excluding hydrogens is 248 g/mol. The summed E-state index contributed by atoms with van der Waals surface area (Å²) in [5.74, 6) is 0.427. The van der Waals surface area contributed by atoms with Crippen molar-refractivity contribution in [3.8, 4) is 0 Å². The summed E-state index contributed by atoms with van der Waals surface area (Å²) in [6, 6.07) is 12.7. The lowest BCUT2D eigenvalue weighted by Crippen LogP contribution is -2.25. The number of hydrazine groups is 1. The molecule has 0 spiro atoms. The van der Waals surface area contributed by atoms with Crippen molar-refractivity contribution in [2.45, 2.75) is 19.8 Å². The predicted octanol–water partition coefficient (Wildman–Crippen LogP) is 2.98. The lowest BCUT2D eigenvalue weighted by molar-refractivity contribution is -0.116. The molecule has 3 heteroatoms. The van der Waals surface area contributed by atoms with Crippen LogP contribution >= 0.6 is 0 Å². The lowest BCUT2D eigenvalue weighted by Gasteiger charge is -2.11. The van der Waals surface area contributed by atoms with Crippen LogP contribution in [-0.2, 0) is 4.79 Å². The maximum atomic E-state index is 11.7. The van der Waals surface area contributed by atoms with Gasteiger partial charge in [-0.3, -0.25) is 10.2 Å². The van der Waals surface area contributed by atoms with Gasteiger partial charge in [-0.2, -0.15) is 0 Å². The zero-order valence-electron chi connectivity index (χ0n) is 11.7. The van der Waals surface area contributed by atoms with Crippen LogP contribution in [0.25, 0.3) is 16.8 Å². The Kier molecular flexibility index (Phi) is 3.28. The van der Waals surface area contributed by atoms with Gasteiger partial charge in [-0.15, -0.1) is 0 Å². The van der Waals surface area contributed by atoms with Crippen LogP contribution in [0.3, 0.4) is 0 Å². The predicted molar refractivity (Wildman–Crippen MR) is 82.2 cm³/mol. The number of hydrogen-bond acceptors (Lipinski definition) is 2. The first-order chi connectivity index (χ1) is 9.65. The second-order valence-electron chi connectivity index (χ2n) is 5.46. The largest absolute Gasteiger partial charge is 0.287 e. The number of nitrogens with one attached hydrogen (secondary N) is 2. The third kappa shape index (κ3) is 2.32. The van der Waals surface area contributed by atoms with Crippen LogP contribution in [0.5, 0.6) is 0 Å². The monoisotopic (exact) mass is 266 g/mol. The van der Waals surface area contributed by atoms with Crippen molar-refractivity contribution in [3.05, 3.63) is 53.1 Å². The van der Waals surface area contributed by atoms with Crippen LogP contribution in [0, 0.1) is 0 Å². The van der Waals surface area contributed by atoms with Crippen molar-refractivity contribution in [1.82, 2.24) is 10.9 Å². The molecule has 3 nitrogen and oxygen atoms in total. The third-order valence-corrected chi connectivity index (χ3v) is 3.68. The summed E-state index contributed by atoms with van der Waals surface area (Å²) in [7, 11) is 0. The average Bonchev–Trinajstić information content (AvgIpc) is 2.84. The minimum Gasteiger partial charge on any atom is -0.287 e. The quantitative estimate of drug-likeness (QED) is 0.820. The van der Waals surface area contributed by atoms with Gasteiger partial charge in [0.15, 0.2) is 0 Å². The zero-order valence-corrected chi connectivity index (χ0v) is 11.7. The molecule has 2 aromatic rings. The summed E-state index contributed by atoms with van der Waals surface area (Å²) in [5.41, 5.74) is 8.66. The van der Waals surface area contributed by atoms with E-state index in [0.29, 0.717) is 12.5 Å². The summed E-state index contributed by atoms with van der Waals surface area (Å²) < 4.78 is 0. The first-order valence-electron chi connectivity index (χ1n) is 6.91. The Balaban J connectivity index is 2.19. The first kappa shape index (κ1) is 12.9. The van der Waals surface area contributed by atoms with E-state index in [2.05, 4.69) is 49.0 Å². The molecule has 1 aliphatic rings. The van der Waals surface area contributed by atoms with Crippen molar-refractivity contribution in [2.24, 2.45) is 0 Å². The Bertz CT molecular complexity index is 701. The molecule has 1 amide bonds.